The third kappa shape index (κ3) is 4.19. The van der Waals surface area contributed by atoms with Gasteiger partial charge in [-0.25, -0.2) is 4.39 Å². The van der Waals surface area contributed by atoms with E-state index < -0.39 is 0 Å². The summed E-state index contributed by atoms with van der Waals surface area (Å²) in [6.07, 6.45) is 6.17. The molecule has 0 heterocycles. The van der Waals surface area contributed by atoms with E-state index in [2.05, 4.69) is 17.5 Å². The van der Waals surface area contributed by atoms with Crippen LogP contribution in [0.4, 0.5) is 4.39 Å². The molecule has 0 aliphatic heterocycles. The van der Waals surface area contributed by atoms with Crippen molar-refractivity contribution in [3.63, 3.8) is 0 Å². The average molecular weight is 193 g/mol. The lowest BCUT2D eigenvalue weighted by Gasteiger charge is -1.95. The van der Waals surface area contributed by atoms with Crippen molar-refractivity contribution in [1.29, 1.82) is 0 Å². The van der Waals surface area contributed by atoms with Crippen molar-refractivity contribution in [1.82, 2.24) is 5.32 Å². The maximum atomic E-state index is 12.5. The predicted molar refractivity (Wildman–Crippen MR) is 57.8 cm³/mol. The molecular formula is C12H16FN. The van der Waals surface area contributed by atoms with Crippen molar-refractivity contribution in [2.45, 2.75) is 12.8 Å². The minimum atomic E-state index is -0.173. The molecule has 1 N–H and O–H groups in total. The summed E-state index contributed by atoms with van der Waals surface area (Å²) in [5, 5.41) is 3.07. The Labute approximate surface area is 84.6 Å². The SMILES string of the molecule is CNCCC=CCc1ccc(F)cc1. The van der Waals surface area contributed by atoms with Gasteiger partial charge in [-0.3, -0.25) is 0 Å². The van der Waals surface area contributed by atoms with Crippen molar-refractivity contribution in [3.05, 3.63) is 47.8 Å². The molecule has 0 bridgehead atoms. The van der Waals surface area contributed by atoms with E-state index in [0.29, 0.717) is 0 Å². The zero-order valence-corrected chi connectivity index (χ0v) is 8.46. The first kappa shape index (κ1) is 10.9. The van der Waals surface area contributed by atoms with E-state index in [9.17, 15) is 4.39 Å². The van der Waals surface area contributed by atoms with E-state index in [1.165, 1.54) is 12.1 Å². The van der Waals surface area contributed by atoms with Crippen LogP contribution in [0.15, 0.2) is 36.4 Å². The lowest BCUT2D eigenvalue weighted by Crippen LogP contribution is -2.05. The largest absolute Gasteiger partial charge is 0.319 e. The van der Waals surface area contributed by atoms with Crippen LogP contribution in [0, 0.1) is 5.82 Å². The minimum absolute atomic E-state index is 0.173. The Kier molecular flexibility index (Phi) is 4.94. The molecule has 1 aromatic carbocycles. The second-order valence-electron chi connectivity index (χ2n) is 3.19. The number of nitrogens with one attached hydrogen (secondary N) is 1. The summed E-state index contributed by atoms with van der Waals surface area (Å²) < 4.78 is 12.5. The Morgan fingerprint density at radius 1 is 1.21 bits per heavy atom. The van der Waals surface area contributed by atoms with Gasteiger partial charge in [0.2, 0.25) is 0 Å². The van der Waals surface area contributed by atoms with Gasteiger partial charge in [-0.2, -0.15) is 0 Å². The van der Waals surface area contributed by atoms with Gasteiger partial charge in [0.25, 0.3) is 0 Å². The predicted octanol–water partition coefficient (Wildman–Crippen LogP) is 2.53. The van der Waals surface area contributed by atoms with E-state index in [1.54, 1.807) is 0 Å². The first-order valence-corrected chi connectivity index (χ1v) is 4.87. The average Bonchev–Trinajstić information content (AvgIpc) is 2.21. The molecule has 0 spiro atoms. The first-order valence-electron chi connectivity index (χ1n) is 4.87. The fourth-order valence-electron chi connectivity index (χ4n) is 1.19. The van der Waals surface area contributed by atoms with E-state index >= 15 is 0 Å². The molecule has 76 valence electrons. The lowest BCUT2D eigenvalue weighted by atomic mass is 10.1. The summed E-state index contributed by atoms with van der Waals surface area (Å²) in [5.41, 5.74) is 1.15. The highest BCUT2D eigenvalue weighted by atomic mass is 19.1. The number of allylic oxidation sites excluding steroid dienone is 1. The third-order valence-electron chi connectivity index (χ3n) is 1.99. The smallest absolute Gasteiger partial charge is 0.123 e. The molecule has 0 amide bonds. The van der Waals surface area contributed by atoms with E-state index in [4.69, 9.17) is 0 Å². The Morgan fingerprint density at radius 3 is 2.57 bits per heavy atom. The van der Waals surface area contributed by atoms with Gasteiger partial charge >= 0.3 is 0 Å². The van der Waals surface area contributed by atoms with Crippen LogP contribution >= 0.6 is 0 Å². The van der Waals surface area contributed by atoms with Gasteiger partial charge < -0.3 is 5.32 Å². The molecule has 1 nitrogen and oxygen atoms in total. The fourth-order valence-corrected chi connectivity index (χ4v) is 1.19. The molecule has 1 rings (SSSR count). The Balaban J connectivity index is 2.30. The van der Waals surface area contributed by atoms with Crippen molar-refractivity contribution >= 4 is 0 Å². The molecular weight excluding hydrogens is 177 g/mol. The fraction of sp³-hybridized carbons (Fsp3) is 0.333. The summed E-state index contributed by atoms with van der Waals surface area (Å²) in [5.74, 6) is -0.173. The molecule has 0 saturated carbocycles. The number of halogens is 1. The standard InChI is InChI=1S/C12H16FN/c1-14-10-4-2-3-5-11-6-8-12(13)9-7-11/h2-3,6-9,14H,4-5,10H2,1H3. The Morgan fingerprint density at radius 2 is 1.93 bits per heavy atom. The van der Waals surface area contributed by atoms with Gasteiger partial charge in [0.1, 0.15) is 5.82 Å². The summed E-state index contributed by atoms with van der Waals surface area (Å²) in [6, 6.07) is 6.63. The summed E-state index contributed by atoms with van der Waals surface area (Å²) in [4.78, 5) is 0. The zero-order chi connectivity index (χ0) is 10.2. The van der Waals surface area contributed by atoms with Gasteiger partial charge in [0.15, 0.2) is 0 Å². The topological polar surface area (TPSA) is 12.0 Å². The van der Waals surface area contributed by atoms with Crippen molar-refractivity contribution in [2.24, 2.45) is 0 Å². The normalized spacial score (nSPS) is 11.0. The molecule has 0 aliphatic rings. The minimum Gasteiger partial charge on any atom is -0.319 e. The highest BCUT2D eigenvalue weighted by Crippen LogP contribution is 2.03. The zero-order valence-electron chi connectivity index (χ0n) is 8.46. The summed E-state index contributed by atoms with van der Waals surface area (Å²) >= 11 is 0. The Bertz CT molecular complexity index is 277. The first-order chi connectivity index (χ1) is 6.83. The summed E-state index contributed by atoms with van der Waals surface area (Å²) in [6.45, 7) is 1.000. The Hall–Kier alpha value is -1.15. The maximum absolute atomic E-state index is 12.5. The van der Waals surface area contributed by atoms with Crippen molar-refractivity contribution in [3.8, 4) is 0 Å². The summed E-state index contributed by atoms with van der Waals surface area (Å²) in [7, 11) is 1.94. The van der Waals surface area contributed by atoms with Gasteiger partial charge in [0, 0.05) is 0 Å². The highest BCUT2D eigenvalue weighted by molar-refractivity contribution is 5.18. The molecule has 0 atom stereocenters. The van der Waals surface area contributed by atoms with Crippen molar-refractivity contribution in [2.75, 3.05) is 13.6 Å². The van der Waals surface area contributed by atoms with Crippen LogP contribution in [0.1, 0.15) is 12.0 Å². The van der Waals surface area contributed by atoms with Gasteiger partial charge in [0.05, 0.1) is 0 Å². The third-order valence-corrected chi connectivity index (χ3v) is 1.99. The lowest BCUT2D eigenvalue weighted by molar-refractivity contribution is 0.627. The maximum Gasteiger partial charge on any atom is 0.123 e. The van der Waals surface area contributed by atoms with Crippen LogP contribution in [0.2, 0.25) is 0 Å². The van der Waals surface area contributed by atoms with Gasteiger partial charge in [-0.15, -0.1) is 0 Å². The quantitative estimate of drug-likeness (QED) is 0.559. The van der Waals surface area contributed by atoms with Crippen molar-refractivity contribution < 1.29 is 4.39 Å². The molecule has 1 aromatic rings. The van der Waals surface area contributed by atoms with Crippen LogP contribution in [0.3, 0.4) is 0 Å². The molecule has 0 saturated heterocycles. The number of rotatable bonds is 5. The number of hydrogen-bond acceptors (Lipinski definition) is 1. The highest BCUT2D eigenvalue weighted by Gasteiger charge is 1.90. The van der Waals surface area contributed by atoms with Gasteiger partial charge in [-0.05, 0) is 44.1 Å². The molecule has 0 radical (unpaired) electrons. The van der Waals surface area contributed by atoms with Crippen LogP contribution in [-0.4, -0.2) is 13.6 Å². The second-order valence-corrected chi connectivity index (χ2v) is 3.19. The van der Waals surface area contributed by atoms with Crippen LogP contribution in [-0.2, 0) is 6.42 Å². The van der Waals surface area contributed by atoms with E-state index in [-0.39, 0.29) is 5.82 Å². The molecule has 0 aromatic heterocycles. The van der Waals surface area contributed by atoms with Gasteiger partial charge in [-0.1, -0.05) is 24.3 Å². The van der Waals surface area contributed by atoms with E-state index in [1.807, 2.05) is 19.2 Å². The second kappa shape index (κ2) is 6.33. The molecule has 0 aliphatic carbocycles. The number of benzene rings is 1. The molecule has 0 unspecified atom stereocenters. The van der Waals surface area contributed by atoms with E-state index in [0.717, 1.165) is 24.9 Å². The van der Waals surface area contributed by atoms with Crippen LogP contribution < -0.4 is 5.32 Å². The van der Waals surface area contributed by atoms with Crippen LogP contribution in [0.5, 0.6) is 0 Å². The molecule has 2 heteroatoms. The molecule has 0 fully saturated rings. The molecule has 14 heavy (non-hydrogen) atoms. The number of hydrogen-bond donors (Lipinski definition) is 1. The van der Waals surface area contributed by atoms with Crippen LogP contribution in [0.25, 0.3) is 0 Å². The monoisotopic (exact) mass is 193 g/mol.